The van der Waals surface area contributed by atoms with E-state index >= 15 is 4.39 Å². The first-order chi connectivity index (χ1) is 21.6. The number of nitrogens with zero attached hydrogens (tertiary/aromatic N) is 6. The minimum Gasteiger partial charge on any atom is -0.461 e. The Morgan fingerprint density at radius 3 is 2.64 bits per heavy atom. The molecule has 6 atom stereocenters. The summed E-state index contributed by atoms with van der Waals surface area (Å²) in [5, 5.41) is 10.1. The number of rotatable bonds is 6. The van der Waals surface area contributed by atoms with Crippen molar-refractivity contribution in [3.05, 3.63) is 58.0 Å². The molecule has 0 bridgehead atoms. The highest BCUT2D eigenvalue weighted by Crippen LogP contribution is 2.57. The van der Waals surface area contributed by atoms with Gasteiger partial charge in [-0.25, -0.2) is 13.2 Å². The van der Waals surface area contributed by atoms with E-state index in [0.717, 1.165) is 24.1 Å². The number of anilines is 1. The lowest BCUT2D eigenvalue weighted by Gasteiger charge is -2.49. The number of carbonyl (C=O) groups excluding carboxylic acids is 1. The molecule has 3 fully saturated rings. The molecule has 3 aliphatic heterocycles. The summed E-state index contributed by atoms with van der Waals surface area (Å²) in [4.78, 5) is 27.4. The predicted octanol–water partition coefficient (Wildman–Crippen LogP) is 5.34. The van der Waals surface area contributed by atoms with Crippen LogP contribution >= 0.6 is 11.6 Å². The first-order valence-electron chi connectivity index (χ1n) is 15.7. The topological polar surface area (TPSA) is 85.6 Å². The van der Waals surface area contributed by atoms with Crippen LogP contribution in [0.1, 0.15) is 67.6 Å². The molecule has 4 heterocycles. The van der Waals surface area contributed by atoms with Crippen LogP contribution < -0.4 is 9.64 Å². The normalized spacial score (nSPS) is 32.0. The Hall–Kier alpha value is -3.36. The molecule has 2 aliphatic carbocycles. The third-order valence-corrected chi connectivity index (χ3v) is 11.5. The first-order valence-corrected chi connectivity index (χ1v) is 16.1. The number of piperazine rings is 1. The van der Waals surface area contributed by atoms with Crippen LogP contribution in [0, 0.1) is 11.3 Å². The first kappa shape index (κ1) is 30.3. The molecule has 1 unspecified atom stereocenters. The van der Waals surface area contributed by atoms with Gasteiger partial charge in [0, 0.05) is 54.6 Å². The summed E-state index contributed by atoms with van der Waals surface area (Å²) >= 11 is 6.53. The van der Waals surface area contributed by atoms with Gasteiger partial charge in [0.15, 0.2) is 12.0 Å². The molecule has 8 nitrogen and oxygen atoms in total. The third-order valence-electron chi connectivity index (χ3n) is 11.1. The molecule has 0 radical (unpaired) electrons. The number of hydrogen-bond donors (Lipinski definition) is 0. The third kappa shape index (κ3) is 4.70. The Labute approximate surface area is 265 Å². The highest BCUT2D eigenvalue weighted by Gasteiger charge is 2.57. The van der Waals surface area contributed by atoms with Crippen molar-refractivity contribution < 1.29 is 22.7 Å². The van der Waals surface area contributed by atoms with Crippen molar-refractivity contribution in [2.75, 3.05) is 37.7 Å². The highest BCUT2D eigenvalue weighted by atomic mass is 35.5. The van der Waals surface area contributed by atoms with Gasteiger partial charge in [0.1, 0.15) is 18.6 Å². The van der Waals surface area contributed by atoms with Crippen molar-refractivity contribution >= 4 is 23.3 Å². The van der Waals surface area contributed by atoms with Gasteiger partial charge >= 0.3 is 6.01 Å². The Bertz CT molecular complexity index is 1600. The lowest BCUT2D eigenvalue weighted by atomic mass is 9.68. The van der Waals surface area contributed by atoms with Crippen molar-refractivity contribution in [2.45, 2.75) is 87.3 Å². The maximum absolute atomic E-state index is 17.1. The molecule has 12 heteroatoms. The lowest BCUT2D eigenvalue weighted by Crippen LogP contribution is -2.61. The number of ether oxygens (including phenoxy) is 1. The molecule has 1 amide bonds. The molecule has 1 aromatic heterocycles. The van der Waals surface area contributed by atoms with Gasteiger partial charge in [-0.2, -0.15) is 15.2 Å². The van der Waals surface area contributed by atoms with E-state index in [0.29, 0.717) is 55.1 Å². The summed E-state index contributed by atoms with van der Waals surface area (Å²) in [6.45, 7) is 6.66. The van der Waals surface area contributed by atoms with Gasteiger partial charge in [-0.1, -0.05) is 30.3 Å². The van der Waals surface area contributed by atoms with E-state index in [4.69, 9.17) is 26.3 Å². The number of aromatic nitrogens is 2. The van der Waals surface area contributed by atoms with E-state index in [1.165, 1.54) is 4.90 Å². The number of halogens is 4. The number of hydrogen-bond acceptors (Lipinski definition) is 7. The monoisotopic (exact) mass is 640 g/mol. The molecule has 2 aromatic rings. The van der Waals surface area contributed by atoms with E-state index in [9.17, 15) is 18.8 Å². The second kappa shape index (κ2) is 11.2. The van der Waals surface area contributed by atoms with Gasteiger partial charge in [-0.05, 0) is 56.2 Å². The van der Waals surface area contributed by atoms with Crippen molar-refractivity contribution in [3.63, 3.8) is 0 Å². The summed E-state index contributed by atoms with van der Waals surface area (Å²) < 4.78 is 51.9. The quantitative estimate of drug-likeness (QED) is 0.394. The van der Waals surface area contributed by atoms with E-state index < -0.39 is 41.1 Å². The van der Waals surface area contributed by atoms with E-state index in [2.05, 4.69) is 17.5 Å². The zero-order chi connectivity index (χ0) is 31.7. The Morgan fingerprint density at radius 1 is 1.18 bits per heavy atom. The largest absolute Gasteiger partial charge is 0.461 e. The van der Waals surface area contributed by atoms with Crippen molar-refractivity contribution in [1.29, 1.82) is 5.26 Å². The van der Waals surface area contributed by atoms with Crippen molar-refractivity contribution in [1.82, 2.24) is 19.8 Å². The Kier molecular flexibility index (Phi) is 7.52. The molecule has 0 N–H and O–H groups in total. The Balaban J connectivity index is 1.25. The molecule has 3 saturated heterocycles. The average molecular weight is 641 g/mol. The molecule has 238 valence electrons. The fourth-order valence-corrected chi connectivity index (χ4v) is 8.84. The number of carbonyl (C=O) groups is 1. The molecule has 0 saturated carbocycles. The van der Waals surface area contributed by atoms with Crippen LogP contribution in [0.5, 0.6) is 6.01 Å². The summed E-state index contributed by atoms with van der Waals surface area (Å²) in [5.74, 6) is -1.42. The average Bonchev–Trinajstić information content (AvgIpc) is 3.47. The zero-order valence-electron chi connectivity index (χ0n) is 25.2. The summed E-state index contributed by atoms with van der Waals surface area (Å²) in [6, 6.07) is 6.99. The maximum atomic E-state index is 17.1. The highest BCUT2D eigenvalue weighted by molar-refractivity contribution is 6.31. The standard InChI is InChI=1S/C33H36ClF3N6O2/c1-19(35)30(44)42-15-14-41(17-21(42)8-12-38)29-23-7-10-33(9-6-22-24(33)4-3-5-25(22)34)28(37)27(23)39-31(40-29)45-18-32-11-13-43(32)20(2)26(36)16-32/h3-5,20-21,26,28H,1,6-11,13-18H2,2H3/t20-,21-,26+,28?,32-,33+/m0/s1. The molecular formula is C33H36ClF3N6O2. The fourth-order valence-electron chi connectivity index (χ4n) is 8.57. The summed E-state index contributed by atoms with van der Waals surface area (Å²) in [5.41, 5.74) is 1.62. The molecule has 5 aliphatic rings. The minimum atomic E-state index is -1.45. The van der Waals surface area contributed by atoms with Gasteiger partial charge in [0.2, 0.25) is 0 Å². The van der Waals surface area contributed by atoms with Crippen LogP contribution in [-0.4, -0.2) is 82.3 Å². The molecular weight excluding hydrogens is 605 g/mol. The van der Waals surface area contributed by atoms with E-state index in [1.807, 2.05) is 30.0 Å². The van der Waals surface area contributed by atoms with Crippen molar-refractivity contribution in [2.24, 2.45) is 0 Å². The molecule has 45 heavy (non-hydrogen) atoms. The van der Waals surface area contributed by atoms with E-state index in [-0.39, 0.29) is 43.9 Å². The van der Waals surface area contributed by atoms with Gasteiger partial charge < -0.3 is 14.5 Å². The minimum absolute atomic E-state index is 0.0144. The smallest absolute Gasteiger partial charge is 0.318 e. The van der Waals surface area contributed by atoms with Crippen LogP contribution in [0.3, 0.4) is 0 Å². The lowest BCUT2D eigenvalue weighted by molar-refractivity contribution is -0.131. The predicted molar refractivity (Wildman–Crippen MR) is 162 cm³/mol. The number of amides is 1. The van der Waals surface area contributed by atoms with Crippen molar-refractivity contribution in [3.8, 4) is 12.1 Å². The van der Waals surface area contributed by atoms with Gasteiger partial charge in [-0.3, -0.25) is 9.69 Å². The van der Waals surface area contributed by atoms with Crippen LogP contribution in [0.25, 0.3) is 0 Å². The van der Waals surface area contributed by atoms with Gasteiger partial charge in [-0.15, -0.1) is 0 Å². The van der Waals surface area contributed by atoms with Gasteiger partial charge in [0.05, 0.1) is 29.8 Å². The zero-order valence-corrected chi connectivity index (χ0v) is 26.0. The SMILES string of the molecule is C=C(F)C(=O)N1CCN(c2nc(OC[C@@]34CCN3[C@@H](C)[C@H](F)C4)nc3c2CC[C@@]2(CCc4c(Cl)cccc42)C3F)C[C@@H]1CC#N. The number of alkyl halides is 2. The fraction of sp³-hybridized carbons (Fsp3) is 0.576. The molecule has 1 aromatic carbocycles. The van der Waals surface area contributed by atoms with Crippen LogP contribution in [0.4, 0.5) is 19.0 Å². The number of fused-ring (bicyclic) bond motifs is 4. The summed E-state index contributed by atoms with van der Waals surface area (Å²) in [6.07, 6.45) is 1.10. The second-order valence-corrected chi connectivity index (χ2v) is 13.7. The maximum Gasteiger partial charge on any atom is 0.318 e. The van der Waals surface area contributed by atoms with E-state index in [1.54, 1.807) is 0 Å². The Morgan fingerprint density at radius 2 is 1.96 bits per heavy atom. The number of nitriles is 1. The van der Waals surface area contributed by atoms with Crippen LogP contribution in [-0.2, 0) is 23.1 Å². The van der Waals surface area contributed by atoms with Gasteiger partial charge in [0.25, 0.3) is 5.91 Å². The van der Waals surface area contributed by atoms with Crippen LogP contribution in [0.2, 0.25) is 5.02 Å². The van der Waals surface area contributed by atoms with Crippen LogP contribution in [0.15, 0.2) is 30.6 Å². The molecule has 1 spiro atoms. The molecule has 7 rings (SSSR count). The summed E-state index contributed by atoms with van der Waals surface area (Å²) in [7, 11) is 0. The second-order valence-electron chi connectivity index (χ2n) is 13.3. The number of benzene rings is 1.